The van der Waals surface area contributed by atoms with Crippen LogP contribution in [0.15, 0.2) is 53.3 Å². The number of carbonyl (C=O) groups is 1. The molecule has 1 aliphatic heterocycles. The smallest absolute Gasteiger partial charge is 0.253 e. The maximum absolute atomic E-state index is 12.4. The van der Waals surface area contributed by atoms with Gasteiger partial charge in [0.1, 0.15) is 0 Å². The fourth-order valence-corrected chi connectivity index (χ4v) is 2.69. The van der Waals surface area contributed by atoms with Gasteiger partial charge in [0, 0.05) is 36.6 Å². The van der Waals surface area contributed by atoms with Crippen molar-refractivity contribution in [2.45, 2.75) is 5.92 Å². The van der Waals surface area contributed by atoms with Crippen molar-refractivity contribution in [2.75, 3.05) is 13.1 Å². The van der Waals surface area contributed by atoms with Crippen molar-refractivity contribution in [2.24, 2.45) is 0 Å². The molecule has 1 fully saturated rings. The van der Waals surface area contributed by atoms with Crippen molar-refractivity contribution in [1.29, 1.82) is 5.26 Å². The maximum Gasteiger partial charge on any atom is 0.253 e. The SMILES string of the molecule is N#Cc1ccc(C(=O)N2CC(c3nc(-c4ccncc4)no3)C2)cc1. The Hall–Kier alpha value is -3.53. The Morgan fingerprint density at radius 2 is 1.88 bits per heavy atom. The van der Waals surface area contributed by atoms with Gasteiger partial charge in [-0.05, 0) is 36.4 Å². The van der Waals surface area contributed by atoms with E-state index in [1.54, 1.807) is 41.6 Å². The molecule has 0 atom stereocenters. The van der Waals surface area contributed by atoms with Gasteiger partial charge in [-0.25, -0.2) is 0 Å². The molecule has 4 rings (SSSR count). The van der Waals surface area contributed by atoms with E-state index in [-0.39, 0.29) is 11.8 Å². The average molecular weight is 331 g/mol. The molecule has 2 aromatic heterocycles. The lowest BCUT2D eigenvalue weighted by atomic mass is 9.98. The minimum Gasteiger partial charge on any atom is -0.339 e. The zero-order valence-corrected chi connectivity index (χ0v) is 13.2. The van der Waals surface area contributed by atoms with Gasteiger partial charge >= 0.3 is 0 Å². The third-order valence-corrected chi connectivity index (χ3v) is 4.16. The highest BCUT2D eigenvalue weighted by Crippen LogP contribution is 2.28. The van der Waals surface area contributed by atoms with Gasteiger partial charge in [0.15, 0.2) is 0 Å². The van der Waals surface area contributed by atoms with Crippen LogP contribution in [-0.2, 0) is 0 Å². The molecule has 0 unspecified atom stereocenters. The van der Waals surface area contributed by atoms with Crippen LogP contribution >= 0.6 is 0 Å². The molecular weight excluding hydrogens is 318 g/mol. The highest BCUT2D eigenvalue weighted by Gasteiger charge is 2.36. The Morgan fingerprint density at radius 3 is 2.56 bits per heavy atom. The van der Waals surface area contributed by atoms with Crippen molar-refractivity contribution in [1.82, 2.24) is 20.0 Å². The summed E-state index contributed by atoms with van der Waals surface area (Å²) in [5.41, 5.74) is 1.95. The third-order valence-electron chi connectivity index (χ3n) is 4.16. The predicted octanol–water partition coefficient (Wildman–Crippen LogP) is 2.24. The van der Waals surface area contributed by atoms with E-state index in [4.69, 9.17) is 9.78 Å². The fraction of sp³-hybridized carbons (Fsp3) is 0.167. The summed E-state index contributed by atoms with van der Waals surface area (Å²) in [6.07, 6.45) is 3.35. The zero-order chi connectivity index (χ0) is 17.2. The Kier molecular flexibility index (Phi) is 3.71. The number of benzene rings is 1. The molecule has 0 saturated carbocycles. The van der Waals surface area contributed by atoms with Crippen LogP contribution in [0.25, 0.3) is 11.4 Å². The molecule has 1 amide bonds. The van der Waals surface area contributed by atoms with Gasteiger partial charge in [0.25, 0.3) is 5.91 Å². The molecule has 1 saturated heterocycles. The van der Waals surface area contributed by atoms with E-state index >= 15 is 0 Å². The van der Waals surface area contributed by atoms with Crippen LogP contribution in [0, 0.1) is 11.3 Å². The Bertz CT molecular complexity index is 938. The van der Waals surface area contributed by atoms with Crippen LogP contribution in [0.5, 0.6) is 0 Å². The molecule has 122 valence electrons. The van der Waals surface area contributed by atoms with Gasteiger partial charge in [-0.15, -0.1) is 0 Å². The van der Waals surface area contributed by atoms with Crippen LogP contribution in [0.2, 0.25) is 0 Å². The first kappa shape index (κ1) is 15.0. The molecule has 0 radical (unpaired) electrons. The number of aromatic nitrogens is 3. The standard InChI is InChI=1S/C18H13N5O2/c19-9-12-1-3-14(4-2-12)18(24)23-10-15(11-23)17-21-16(22-25-17)13-5-7-20-8-6-13/h1-8,15H,10-11H2. The molecule has 0 spiro atoms. The maximum atomic E-state index is 12.4. The van der Waals surface area contributed by atoms with Gasteiger partial charge < -0.3 is 9.42 Å². The van der Waals surface area contributed by atoms with Gasteiger partial charge in [0.2, 0.25) is 11.7 Å². The van der Waals surface area contributed by atoms with Crippen LogP contribution in [0.3, 0.4) is 0 Å². The van der Waals surface area contributed by atoms with Crippen molar-refractivity contribution >= 4 is 5.91 Å². The summed E-state index contributed by atoms with van der Waals surface area (Å²) in [4.78, 5) is 22.5. The van der Waals surface area contributed by atoms with E-state index < -0.39 is 0 Å². The number of rotatable bonds is 3. The van der Waals surface area contributed by atoms with Gasteiger partial charge in [-0.2, -0.15) is 10.2 Å². The van der Waals surface area contributed by atoms with E-state index in [2.05, 4.69) is 15.1 Å². The van der Waals surface area contributed by atoms with Crippen LogP contribution in [-0.4, -0.2) is 39.0 Å². The average Bonchev–Trinajstić information content (AvgIpc) is 3.11. The second-order valence-electron chi connectivity index (χ2n) is 5.79. The molecule has 25 heavy (non-hydrogen) atoms. The lowest BCUT2D eigenvalue weighted by molar-refractivity contribution is 0.0569. The minimum atomic E-state index is -0.0605. The molecule has 7 nitrogen and oxygen atoms in total. The number of hydrogen-bond donors (Lipinski definition) is 0. The Labute approximate surface area is 143 Å². The van der Waals surface area contributed by atoms with Crippen LogP contribution < -0.4 is 0 Å². The summed E-state index contributed by atoms with van der Waals surface area (Å²) in [6.45, 7) is 1.08. The normalized spacial score (nSPS) is 14.0. The first-order valence-electron chi connectivity index (χ1n) is 7.78. The summed E-state index contributed by atoms with van der Waals surface area (Å²) < 4.78 is 5.33. The van der Waals surface area contributed by atoms with Crippen molar-refractivity contribution in [3.63, 3.8) is 0 Å². The van der Waals surface area contributed by atoms with Crippen LogP contribution in [0.1, 0.15) is 27.7 Å². The lowest BCUT2D eigenvalue weighted by Crippen LogP contribution is -2.48. The van der Waals surface area contributed by atoms with Gasteiger partial charge in [-0.3, -0.25) is 9.78 Å². The number of carbonyl (C=O) groups excluding carboxylic acids is 1. The van der Waals surface area contributed by atoms with E-state index in [0.717, 1.165) is 5.56 Å². The number of nitriles is 1. The van der Waals surface area contributed by atoms with E-state index in [0.29, 0.717) is 35.9 Å². The highest BCUT2D eigenvalue weighted by atomic mass is 16.5. The zero-order valence-electron chi connectivity index (χ0n) is 13.2. The summed E-state index contributed by atoms with van der Waals surface area (Å²) >= 11 is 0. The number of nitrogens with zero attached hydrogens (tertiary/aromatic N) is 5. The molecule has 0 N–H and O–H groups in total. The van der Waals surface area contributed by atoms with Crippen molar-refractivity contribution < 1.29 is 9.32 Å². The number of hydrogen-bond acceptors (Lipinski definition) is 6. The van der Waals surface area contributed by atoms with E-state index in [9.17, 15) is 4.79 Å². The Balaban J connectivity index is 1.41. The van der Waals surface area contributed by atoms with E-state index in [1.807, 2.05) is 18.2 Å². The molecule has 3 aromatic rings. The fourth-order valence-electron chi connectivity index (χ4n) is 2.69. The van der Waals surface area contributed by atoms with E-state index in [1.165, 1.54) is 0 Å². The molecular formula is C18H13N5O2. The van der Waals surface area contributed by atoms with Crippen molar-refractivity contribution in [3.05, 3.63) is 65.8 Å². The molecule has 0 aliphatic carbocycles. The molecule has 1 aliphatic rings. The lowest BCUT2D eigenvalue weighted by Gasteiger charge is -2.37. The second kappa shape index (κ2) is 6.17. The van der Waals surface area contributed by atoms with Crippen LogP contribution in [0.4, 0.5) is 0 Å². The summed E-state index contributed by atoms with van der Waals surface area (Å²) in [7, 11) is 0. The monoisotopic (exact) mass is 331 g/mol. The largest absolute Gasteiger partial charge is 0.339 e. The summed E-state index contributed by atoms with van der Waals surface area (Å²) in [5, 5.41) is 12.8. The van der Waals surface area contributed by atoms with Gasteiger partial charge in [-0.1, -0.05) is 5.16 Å². The number of pyridine rings is 1. The third kappa shape index (κ3) is 2.85. The molecule has 7 heteroatoms. The topological polar surface area (TPSA) is 95.9 Å². The first-order chi connectivity index (χ1) is 12.2. The number of amides is 1. The predicted molar refractivity (Wildman–Crippen MR) is 87.3 cm³/mol. The first-order valence-corrected chi connectivity index (χ1v) is 7.78. The molecule has 3 heterocycles. The van der Waals surface area contributed by atoms with Crippen molar-refractivity contribution in [3.8, 4) is 17.5 Å². The summed E-state index contributed by atoms with van der Waals surface area (Å²) in [6, 6.07) is 12.3. The minimum absolute atomic E-state index is 0.0467. The Morgan fingerprint density at radius 1 is 1.16 bits per heavy atom. The molecule has 0 bridgehead atoms. The molecule has 1 aromatic carbocycles. The summed E-state index contributed by atoms with van der Waals surface area (Å²) in [5.74, 6) is 1.05. The number of likely N-dealkylation sites (tertiary alicyclic amines) is 1. The van der Waals surface area contributed by atoms with Gasteiger partial charge in [0.05, 0.1) is 17.6 Å². The highest BCUT2D eigenvalue weighted by molar-refractivity contribution is 5.95. The quantitative estimate of drug-likeness (QED) is 0.730. The second-order valence-corrected chi connectivity index (χ2v) is 5.79.